The van der Waals surface area contributed by atoms with Gasteiger partial charge in [-0.3, -0.25) is 4.79 Å². The number of carbonyl (C=O) groups is 1. The molecule has 0 spiro atoms. The molecular formula is C36H29N5O. The molecule has 0 unspecified atom stereocenters. The lowest BCUT2D eigenvalue weighted by Gasteiger charge is -2.13. The SMILES string of the molecule is CC(=Nc1c(-c2ccccc2)cccc1-c1ccccc1)c1nc2ccccc2[nH]1.CC(=O)c1nc2ccccc2[nH]1. The maximum atomic E-state index is 10.9. The second-order valence-electron chi connectivity index (χ2n) is 9.89. The summed E-state index contributed by atoms with van der Waals surface area (Å²) in [6.07, 6.45) is 0. The standard InChI is InChI=1S/C27H21N3.C9H8N2O/c1-19(27-29-24-17-8-9-18-25(24)30-27)28-26-22(20-11-4-2-5-12-20)15-10-16-23(26)21-13-6-3-7-14-21;1-6(12)9-10-7-4-2-3-5-8(7)11-9/h2-18H,1H3,(H,29,30);2-5H,1H3,(H,10,11). The number of H-pyrrole nitrogens is 2. The maximum absolute atomic E-state index is 10.9. The molecule has 0 saturated carbocycles. The molecule has 0 fully saturated rings. The highest BCUT2D eigenvalue weighted by Gasteiger charge is 2.13. The van der Waals surface area contributed by atoms with Crippen LogP contribution in [0.4, 0.5) is 5.69 Å². The van der Waals surface area contributed by atoms with Crippen molar-refractivity contribution in [1.82, 2.24) is 19.9 Å². The van der Waals surface area contributed by atoms with Gasteiger partial charge in [-0.05, 0) is 42.3 Å². The van der Waals surface area contributed by atoms with E-state index in [9.17, 15) is 4.79 Å². The van der Waals surface area contributed by atoms with Crippen LogP contribution in [0.5, 0.6) is 0 Å². The van der Waals surface area contributed by atoms with Crippen LogP contribution in [0.2, 0.25) is 0 Å². The molecule has 5 aromatic carbocycles. The van der Waals surface area contributed by atoms with Gasteiger partial charge in [0.2, 0.25) is 0 Å². The normalized spacial score (nSPS) is 11.3. The van der Waals surface area contributed by atoms with E-state index in [2.05, 4.69) is 81.7 Å². The zero-order valence-electron chi connectivity index (χ0n) is 23.4. The molecule has 0 amide bonds. The molecule has 7 aromatic rings. The Labute approximate surface area is 243 Å². The van der Waals surface area contributed by atoms with Crippen molar-refractivity contribution >= 4 is 39.2 Å². The highest BCUT2D eigenvalue weighted by Crippen LogP contribution is 2.39. The number of hydrogen-bond donors (Lipinski definition) is 2. The number of benzene rings is 5. The molecule has 2 heterocycles. The number of nitrogens with zero attached hydrogens (tertiary/aromatic N) is 3. The highest BCUT2D eigenvalue weighted by molar-refractivity contribution is 6.02. The van der Waals surface area contributed by atoms with Crippen molar-refractivity contribution in [2.24, 2.45) is 4.99 Å². The van der Waals surface area contributed by atoms with Crippen molar-refractivity contribution in [1.29, 1.82) is 0 Å². The lowest BCUT2D eigenvalue weighted by atomic mass is 9.96. The summed E-state index contributed by atoms with van der Waals surface area (Å²) in [5.41, 5.74) is 10.0. The largest absolute Gasteiger partial charge is 0.337 e. The number of aliphatic imine (C=N–C) groups is 1. The number of Topliss-reactive ketones (excluding diaryl/α,β-unsaturated/α-hetero) is 1. The van der Waals surface area contributed by atoms with Gasteiger partial charge in [-0.25, -0.2) is 15.0 Å². The minimum atomic E-state index is -0.0359. The quantitative estimate of drug-likeness (QED) is 0.167. The predicted molar refractivity (Wildman–Crippen MR) is 171 cm³/mol. The molecule has 0 atom stereocenters. The van der Waals surface area contributed by atoms with Gasteiger partial charge in [0.15, 0.2) is 17.4 Å². The first-order valence-corrected chi connectivity index (χ1v) is 13.8. The van der Waals surface area contributed by atoms with Crippen LogP contribution in [0.25, 0.3) is 44.3 Å². The van der Waals surface area contributed by atoms with E-state index >= 15 is 0 Å². The van der Waals surface area contributed by atoms with E-state index in [1.807, 2.05) is 67.6 Å². The number of rotatable bonds is 5. The number of aromatic amines is 2. The topological polar surface area (TPSA) is 86.8 Å². The molecule has 0 aliphatic heterocycles. The van der Waals surface area contributed by atoms with Gasteiger partial charge in [-0.15, -0.1) is 0 Å². The Kier molecular flexibility index (Phi) is 7.51. The van der Waals surface area contributed by atoms with Gasteiger partial charge in [0, 0.05) is 18.1 Å². The number of imidazole rings is 2. The third-order valence-electron chi connectivity index (χ3n) is 6.94. The van der Waals surface area contributed by atoms with Crippen LogP contribution < -0.4 is 0 Å². The van der Waals surface area contributed by atoms with Crippen LogP contribution in [0.1, 0.15) is 30.3 Å². The van der Waals surface area contributed by atoms with Crippen LogP contribution >= 0.6 is 0 Å². The predicted octanol–water partition coefficient (Wildman–Crippen LogP) is 8.80. The van der Waals surface area contributed by atoms with Gasteiger partial charge in [-0.1, -0.05) is 103 Å². The van der Waals surface area contributed by atoms with Crippen molar-refractivity contribution in [3.63, 3.8) is 0 Å². The Morgan fingerprint density at radius 2 is 1.00 bits per heavy atom. The van der Waals surface area contributed by atoms with E-state index in [0.717, 1.165) is 61.5 Å². The van der Waals surface area contributed by atoms with Crippen molar-refractivity contribution < 1.29 is 4.79 Å². The first-order chi connectivity index (χ1) is 20.6. The third kappa shape index (κ3) is 5.64. The van der Waals surface area contributed by atoms with Gasteiger partial charge in [0.05, 0.1) is 33.5 Å². The number of hydrogen-bond acceptors (Lipinski definition) is 4. The van der Waals surface area contributed by atoms with E-state index in [1.165, 1.54) is 6.92 Å². The highest BCUT2D eigenvalue weighted by atomic mass is 16.1. The van der Waals surface area contributed by atoms with Crippen molar-refractivity contribution in [2.75, 3.05) is 0 Å². The summed E-state index contributed by atoms with van der Waals surface area (Å²) in [4.78, 5) is 31.2. The average Bonchev–Trinajstić information content (AvgIpc) is 3.68. The van der Waals surface area contributed by atoms with Crippen molar-refractivity contribution in [2.45, 2.75) is 13.8 Å². The Balaban J connectivity index is 0.000000219. The Hall–Kier alpha value is -5.62. The van der Waals surface area contributed by atoms with Gasteiger partial charge in [0.1, 0.15) is 0 Å². The second-order valence-corrected chi connectivity index (χ2v) is 9.89. The second kappa shape index (κ2) is 11.9. The molecule has 0 aliphatic rings. The summed E-state index contributed by atoms with van der Waals surface area (Å²) in [5.74, 6) is 1.18. The Bertz CT molecular complexity index is 1900. The van der Waals surface area contributed by atoms with E-state index in [1.54, 1.807) is 0 Å². The lowest BCUT2D eigenvalue weighted by molar-refractivity contribution is 0.100. The van der Waals surface area contributed by atoms with E-state index in [0.29, 0.717) is 5.82 Å². The van der Waals surface area contributed by atoms with Crippen LogP contribution in [-0.2, 0) is 0 Å². The summed E-state index contributed by atoms with van der Waals surface area (Å²) < 4.78 is 0. The van der Waals surface area contributed by atoms with Gasteiger partial charge >= 0.3 is 0 Å². The minimum Gasteiger partial charge on any atom is -0.337 e. The first-order valence-electron chi connectivity index (χ1n) is 13.8. The fourth-order valence-corrected chi connectivity index (χ4v) is 4.83. The monoisotopic (exact) mass is 547 g/mol. The first kappa shape index (κ1) is 26.6. The van der Waals surface area contributed by atoms with Gasteiger partial charge in [-0.2, -0.15) is 0 Å². The molecular weight excluding hydrogens is 518 g/mol. The molecule has 7 rings (SSSR count). The number of ketones is 1. The molecule has 2 aromatic heterocycles. The fourth-order valence-electron chi connectivity index (χ4n) is 4.83. The van der Waals surface area contributed by atoms with Crippen LogP contribution in [0.3, 0.4) is 0 Å². The number of para-hydroxylation sites is 5. The summed E-state index contributed by atoms with van der Waals surface area (Å²) >= 11 is 0. The maximum Gasteiger partial charge on any atom is 0.195 e. The molecule has 0 radical (unpaired) electrons. The zero-order chi connectivity index (χ0) is 28.9. The molecule has 2 N–H and O–H groups in total. The summed E-state index contributed by atoms with van der Waals surface area (Å²) in [6.45, 7) is 3.51. The fraction of sp³-hybridized carbons (Fsp3) is 0.0556. The summed E-state index contributed by atoms with van der Waals surface area (Å²) in [5, 5.41) is 0. The zero-order valence-corrected chi connectivity index (χ0v) is 23.4. The number of aromatic nitrogens is 4. The van der Waals surface area contributed by atoms with Gasteiger partial charge in [0.25, 0.3) is 0 Å². The van der Waals surface area contributed by atoms with Crippen LogP contribution in [0, 0.1) is 0 Å². The van der Waals surface area contributed by atoms with Crippen LogP contribution in [0.15, 0.2) is 132 Å². The Morgan fingerprint density at radius 1 is 0.548 bits per heavy atom. The smallest absolute Gasteiger partial charge is 0.195 e. The van der Waals surface area contributed by atoms with E-state index in [4.69, 9.17) is 9.98 Å². The molecule has 0 bridgehead atoms. The number of nitrogens with one attached hydrogen (secondary N) is 2. The molecule has 204 valence electrons. The minimum absolute atomic E-state index is 0.0359. The number of carbonyl (C=O) groups excluding carboxylic acids is 1. The summed E-state index contributed by atoms with van der Waals surface area (Å²) in [6, 6.07) is 42.8. The molecule has 6 heteroatoms. The molecule has 42 heavy (non-hydrogen) atoms. The lowest BCUT2D eigenvalue weighted by Crippen LogP contribution is -1.97. The van der Waals surface area contributed by atoms with Crippen molar-refractivity contribution in [3.8, 4) is 22.3 Å². The van der Waals surface area contributed by atoms with E-state index < -0.39 is 0 Å². The third-order valence-corrected chi connectivity index (χ3v) is 6.94. The summed E-state index contributed by atoms with van der Waals surface area (Å²) in [7, 11) is 0. The van der Waals surface area contributed by atoms with Gasteiger partial charge < -0.3 is 9.97 Å². The number of fused-ring (bicyclic) bond motifs is 2. The van der Waals surface area contributed by atoms with Crippen LogP contribution in [-0.4, -0.2) is 31.4 Å². The van der Waals surface area contributed by atoms with E-state index in [-0.39, 0.29) is 5.78 Å². The molecule has 6 nitrogen and oxygen atoms in total. The molecule has 0 aliphatic carbocycles. The Morgan fingerprint density at radius 3 is 1.50 bits per heavy atom. The molecule has 0 saturated heterocycles. The average molecular weight is 548 g/mol. The van der Waals surface area contributed by atoms with Crippen molar-refractivity contribution in [3.05, 3.63) is 139 Å².